The summed E-state index contributed by atoms with van der Waals surface area (Å²) in [6.45, 7) is 3.22. The highest BCUT2D eigenvalue weighted by Crippen LogP contribution is 2.26. The molecule has 0 bridgehead atoms. The number of carbonyl (C=O) groups excluding carboxylic acids is 1. The third kappa shape index (κ3) is 4.77. The molecule has 1 amide bonds. The van der Waals surface area contributed by atoms with Gasteiger partial charge in [-0.05, 0) is 60.3 Å². The van der Waals surface area contributed by atoms with Gasteiger partial charge in [-0.2, -0.15) is 5.10 Å². The van der Waals surface area contributed by atoms with Gasteiger partial charge in [0, 0.05) is 26.1 Å². The number of aryl methyl sites for hydroxylation is 2. The molecule has 2 aromatic rings. The van der Waals surface area contributed by atoms with Crippen LogP contribution in [0.1, 0.15) is 32.0 Å². The maximum Gasteiger partial charge on any atom is 0.345 e. The summed E-state index contributed by atoms with van der Waals surface area (Å²) in [4.78, 5) is 24.4. The van der Waals surface area contributed by atoms with Gasteiger partial charge >= 0.3 is 5.69 Å². The predicted octanol–water partition coefficient (Wildman–Crippen LogP) is 2.26. The van der Waals surface area contributed by atoms with E-state index in [1.807, 2.05) is 0 Å². The Balaban J connectivity index is 1.45. The fourth-order valence-electron chi connectivity index (χ4n) is 2.99. The minimum atomic E-state index is -0.727. The monoisotopic (exact) mass is 440 g/mol. The van der Waals surface area contributed by atoms with Crippen LogP contribution in [0.15, 0.2) is 27.5 Å². The Labute approximate surface area is 164 Å². The van der Waals surface area contributed by atoms with Crippen LogP contribution in [0, 0.1) is 5.82 Å². The topological polar surface area (TPSA) is 78.2 Å². The molecular weight excluding hydrogens is 419 g/mol. The van der Waals surface area contributed by atoms with E-state index in [9.17, 15) is 14.0 Å². The second-order valence-electron chi connectivity index (χ2n) is 6.51. The van der Waals surface area contributed by atoms with Gasteiger partial charge in [0.15, 0.2) is 6.10 Å². The zero-order valence-corrected chi connectivity index (χ0v) is 16.7. The molecule has 1 aromatic carbocycles. The Morgan fingerprint density at radius 2 is 2.26 bits per heavy atom. The molecule has 0 saturated carbocycles. The normalized spacial score (nSPS) is 14.5. The Bertz CT molecular complexity index is 880. The quantitative estimate of drug-likeness (QED) is 0.669. The van der Waals surface area contributed by atoms with Crippen LogP contribution in [0.2, 0.25) is 0 Å². The van der Waals surface area contributed by atoms with E-state index in [0.717, 1.165) is 31.6 Å². The van der Waals surface area contributed by atoms with Gasteiger partial charge in [0.1, 0.15) is 17.4 Å². The molecule has 0 fully saturated rings. The SMILES string of the molecule is CC(Oc1ccc(F)cc1Br)C(=O)NCCCn1nc2n(c1=O)CCCC2. The fourth-order valence-corrected chi connectivity index (χ4v) is 3.44. The Morgan fingerprint density at radius 1 is 1.44 bits per heavy atom. The number of nitrogens with one attached hydrogen (secondary N) is 1. The van der Waals surface area contributed by atoms with E-state index >= 15 is 0 Å². The molecule has 1 aliphatic heterocycles. The number of fused-ring (bicyclic) bond motifs is 1. The summed E-state index contributed by atoms with van der Waals surface area (Å²) < 4.78 is 22.3. The molecule has 0 aliphatic carbocycles. The van der Waals surface area contributed by atoms with Crippen LogP contribution in [0.3, 0.4) is 0 Å². The number of nitrogens with zero attached hydrogens (tertiary/aromatic N) is 3. The lowest BCUT2D eigenvalue weighted by Crippen LogP contribution is -2.37. The van der Waals surface area contributed by atoms with Crippen molar-refractivity contribution in [3.8, 4) is 5.75 Å². The second-order valence-corrected chi connectivity index (χ2v) is 7.36. The van der Waals surface area contributed by atoms with Crippen LogP contribution in [0.4, 0.5) is 4.39 Å². The molecule has 7 nitrogen and oxygen atoms in total. The third-order valence-electron chi connectivity index (χ3n) is 4.44. The van der Waals surface area contributed by atoms with Crippen molar-refractivity contribution in [3.63, 3.8) is 0 Å². The van der Waals surface area contributed by atoms with Crippen LogP contribution < -0.4 is 15.7 Å². The standard InChI is InChI=1S/C18H22BrFN4O3/c1-12(27-15-7-6-13(20)11-14(15)19)17(25)21-8-4-10-24-18(26)23-9-3-2-5-16(23)22-24/h6-7,11-12H,2-5,8-10H2,1H3,(H,21,25). The first-order valence-electron chi connectivity index (χ1n) is 9.01. The lowest BCUT2D eigenvalue weighted by molar-refractivity contribution is -0.127. The van der Waals surface area contributed by atoms with Gasteiger partial charge in [0.25, 0.3) is 5.91 Å². The van der Waals surface area contributed by atoms with Crippen molar-refractivity contribution >= 4 is 21.8 Å². The van der Waals surface area contributed by atoms with E-state index in [4.69, 9.17) is 4.74 Å². The first kappa shape index (κ1) is 19.6. The van der Waals surface area contributed by atoms with Gasteiger partial charge in [-0.1, -0.05) is 0 Å². The molecule has 27 heavy (non-hydrogen) atoms. The molecule has 1 aromatic heterocycles. The molecule has 0 spiro atoms. The van der Waals surface area contributed by atoms with Gasteiger partial charge in [-0.15, -0.1) is 0 Å². The number of ether oxygens (including phenoxy) is 1. The number of hydrogen-bond acceptors (Lipinski definition) is 4. The number of aromatic nitrogens is 3. The highest BCUT2D eigenvalue weighted by atomic mass is 79.9. The number of rotatable bonds is 7. The summed E-state index contributed by atoms with van der Waals surface area (Å²) in [5.41, 5.74) is -0.0751. The van der Waals surface area contributed by atoms with Gasteiger partial charge in [-0.25, -0.2) is 13.9 Å². The average molecular weight is 441 g/mol. The lowest BCUT2D eigenvalue weighted by Gasteiger charge is -2.15. The van der Waals surface area contributed by atoms with Gasteiger partial charge in [-0.3, -0.25) is 9.36 Å². The van der Waals surface area contributed by atoms with E-state index in [1.54, 1.807) is 11.5 Å². The zero-order valence-electron chi connectivity index (χ0n) is 15.1. The lowest BCUT2D eigenvalue weighted by atomic mass is 10.2. The summed E-state index contributed by atoms with van der Waals surface area (Å²) in [5.74, 6) is 0.585. The average Bonchev–Trinajstić information content (AvgIpc) is 2.97. The number of carbonyl (C=O) groups is 1. The molecule has 2 heterocycles. The zero-order chi connectivity index (χ0) is 19.4. The number of benzene rings is 1. The molecule has 3 rings (SSSR count). The number of amides is 1. The van der Waals surface area contributed by atoms with Crippen molar-refractivity contribution < 1.29 is 13.9 Å². The first-order chi connectivity index (χ1) is 13.0. The van der Waals surface area contributed by atoms with Gasteiger partial charge in [0.2, 0.25) is 0 Å². The van der Waals surface area contributed by atoms with Gasteiger partial charge < -0.3 is 10.1 Å². The molecule has 1 N–H and O–H groups in total. The highest BCUT2D eigenvalue weighted by molar-refractivity contribution is 9.10. The minimum absolute atomic E-state index is 0.0751. The maximum absolute atomic E-state index is 13.1. The molecule has 9 heteroatoms. The molecular formula is C18H22BrFN4O3. The summed E-state index contributed by atoms with van der Waals surface area (Å²) in [6, 6.07) is 4.02. The van der Waals surface area contributed by atoms with E-state index in [0.29, 0.717) is 29.7 Å². The van der Waals surface area contributed by atoms with Crippen molar-refractivity contribution in [2.24, 2.45) is 0 Å². The first-order valence-corrected chi connectivity index (χ1v) is 9.81. The van der Waals surface area contributed by atoms with Crippen LogP contribution >= 0.6 is 15.9 Å². The molecule has 0 radical (unpaired) electrons. The smallest absolute Gasteiger partial charge is 0.345 e. The highest BCUT2D eigenvalue weighted by Gasteiger charge is 2.18. The van der Waals surface area contributed by atoms with E-state index in [1.165, 1.54) is 22.9 Å². The summed E-state index contributed by atoms with van der Waals surface area (Å²) in [7, 11) is 0. The second kappa shape index (κ2) is 8.69. The van der Waals surface area contributed by atoms with Crippen LogP contribution in [0.25, 0.3) is 0 Å². The number of halogens is 2. The molecule has 0 saturated heterocycles. The molecule has 1 unspecified atom stereocenters. The van der Waals surface area contributed by atoms with Crippen LogP contribution in [-0.2, 0) is 24.3 Å². The largest absolute Gasteiger partial charge is 0.480 e. The van der Waals surface area contributed by atoms with Crippen molar-refractivity contribution in [2.45, 2.75) is 51.8 Å². The molecule has 1 atom stereocenters. The van der Waals surface area contributed by atoms with E-state index in [2.05, 4.69) is 26.3 Å². The predicted molar refractivity (Wildman–Crippen MR) is 101 cm³/mol. The fraction of sp³-hybridized carbons (Fsp3) is 0.500. The summed E-state index contributed by atoms with van der Waals surface area (Å²) in [6.07, 6.45) is 2.78. The third-order valence-corrected chi connectivity index (χ3v) is 5.06. The van der Waals surface area contributed by atoms with Crippen molar-refractivity contribution in [3.05, 3.63) is 44.8 Å². The summed E-state index contributed by atoms with van der Waals surface area (Å²) >= 11 is 3.21. The van der Waals surface area contributed by atoms with E-state index < -0.39 is 6.10 Å². The van der Waals surface area contributed by atoms with Crippen molar-refractivity contribution in [1.29, 1.82) is 0 Å². The number of hydrogen-bond donors (Lipinski definition) is 1. The van der Waals surface area contributed by atoms with Gasteiger partial charge in [0.05, 0.1) is 4.47 Å². The Hall–Kier alpha value is -2.16. The van der Waals surface area contributed by atoms with Crippen molar-refractivity contribution in [1.82, 2.24) is 19.7 Å². The van der Waals surface area contributed by atoms with Crippen LogP contribution in [0.5, 0.6) is 5.75 Å². The Morgan fingerprint density at radius 3 is 3.00 bits per heavy atom. The Kier molecular flexibility index (Phi) is 6.30. The summed E-state index contributed by atoms with van der Waals surface area (Å²) in [5, 5.41) is 7.15. The molecule has 1 aliphatic rings. The minimum Gasteiger partial charge on any atom is -0.480 e. The maximum atomic E-state index is 13.1. The molecule has 146 valence electrons. The van der Waals surface area contributed by atoms with E-state index in [-0.39, 0.29) is 17.4 Å². The van der Waals surface area contributed by atoms with Crippen molar-refractivity contribution in [2.75, 3.05) is 6.54 Å². The van der Waals surface area contributed by atoms with Crippen LogP contribution in [-0.4, -0.2) is 32.9 Å².